The van der Waals surface area contributed by atoms with Gasteiger partial charge in [0.2, 0.25) is 0 Å². The highest BCUT2D eigenvalue weighted by Crippen LogP contribution is 2.18. The second kappa shape index (κ2) is 8.14. The zero-order valence-corrected chi connectivity index (χ0v) is 12.6. The Morgan fingerprint density at radius 1 is 1.38 bits per heavy atom. The number of carboxylic acid groups (broad SMARTS) is 1. The molecule has 116 valence electrons. The van der Waals surface area contributed by atoms with Crippen molar-refractivity contribution in [2.24, 2.45) is 0 Å². The van der Waals surface area contributed by atoms with E-state index in [0.29, 0.717) is 25.1 Å². The highest BCUT2D eigenvalue weighted by molar-refractivity contribution is 5.82. The minimum Gasteiger partial charge on any atom is -0.496 e. The highest BCUT2D eigenvalue weighted by Gasteiger charge is 2.21. The van der Waals surface area contributed by atoms with Gasteiger partial charge >= 0.3 is 12.0 Å². The molecule has 0 aromatic heterocycles. The predicted octanol–water partition coefficient (Wildman–Crippen LogP) is 2.09. The van der Waals surface area contributed by atoms with Crippen LogP contribution in [0.3, 0.4) is 0 Å². The quantitative estimate of drug-likeness (QED) is 0.807. The second-order valence-corrected chi connectivity index (χ2v) is 4.80. The smallest absolute Gasteiger partial charge is 0.326 e. The Bertz CT molecular complexity index is 490. The highest BCUT2D eigenvalue weighted by atomic mass is 16.5. The topological polar surface area (TPSA) is 78.9 Å². The van der Waals surface area contributed by atoms with E-state index in [9.17, 15) is 9.59 Å². The predicted molar refractivity (Wildman–Crippen MR) is 79.3 cm³/mol. The largest absolute Gasteiger partial charge is 0.496 e. The first-order chi connectivity index (χ1) is 9.99. The van der Waals surface area contributed by atoms with Crippen molar-refractivity contribution in [1.82, 2.24) is 10.2 Å². The number of carboxylic acids is 1. The monoisotopic (exact) mass is 294 g/mol. The van der Waals surface area contributed by atoms with Gasteiger partial charge in [0.25, 0.3) is 0 Å². The molecule has 0 fully saturated rings. The van der Waals surface area contributed by atoms with Gasteiger partial charge in [0.1, 0.15) is 11.8 Å². The minimum absolute atomic E-state index is 0.342. The van der Waals surface area contributed by atoms with Gasteiger partial charge in [0, 0.05) is 12.6 Å². The number of hydrogen-bond acceptors (Lipinski definition) is 3. The van der Waals surface area contributed by atoms with E-state index in [1.54, 1.807) is 14.2 Å². The molecule has 0 heterocycles. The molecule has 0 aliphatic carbocycles. The number of ether oxygens (including phenoxy) is 1. The van der Waals surface area contributed by atoms with Crippen LogP contribution in [0.15, 0.2) is 24.3 Å². The number of benzene rings is 1. The Hall–Kier alpha value is -2.24. The number of carbonyl (C=O) groups excluding carboxylic acids is 1. The van der Waals surface area contributed by atoms with Crippen LogP contribution in [-0.4, -0.2) is 42.2 Å². The number of urea groups is 1. The molecule has 0 aliphatic rings. The first-order valence-corrected chi connectivity index (χ1v) is 6.85. The zero-order chi connectivity index (χ0) is 15.8. The number of rotatable bonds is 7. The molecule has 1 aromatic rings. The van der Waals surface area contributed by atoms with Crippen molar-refractivity contribution in [2.45, 2.75) is 32.4 Å². The maximum atomic E-state index is 12.0. The third-order valence-electron chi connectivity index (χ3n) is 3.12. The number of aliphatic carboxylic acids is 1. The molecule has 0 saturated heterocycles. The van der Waals surface area contributed by atoms with Gasteiger partial charge in [-0.1, -0.05) is 31.5 Å². The van der Waals surface area contributed by atoms with Crippen molar-refractivity contribution >= 4 is 12.0 Å². The van der Waals surface area contributed by atoms with Gasteiger partial charge in [-0.05, 0) is 12.5 Å². The molecule has 1 atom stereocenters. The lowest BCUT2D eigenvalue weighted by atomic mass is 10.1. The average Bonchev–Trinajstić information content (AvgIpc) is 2.47. The summed E-state index contributed by atoms with van der Waals surface area (Å²) in [7, 11) is 3.19. The number of methoxy groups -OCH3 is 1. The first-order valence-electron chi connectivity index (χ1n) is 6.85. The molecule has 6 heteroatoms. The number of para-hydroxylation sites is 1. The van der Waals surface area contributed by atoms with E-state index in [-0.39, 0.29) is 0 Å². The molecule has 2 N–H and O–H groups in total. The number of amides is 2. The van der Waals surface area contributed by atoms with Crippen molar-refractivity contribution in [2.75, 3.05) is 14.2 Å². The zero-order valence-electron chi connectivity index (χ0n) is 12.6. The van der Waals surface area contributed by atoms with Crippen LogP contribution in [0.2, 0.25) is 0 Å². The molecule has 0 unspecified atom stereocenters. The lowest BCUT2D eigenvalue weighted by Crippen LogP contribution is -2.46. The van der Waals surface area contributed by atoms with Gasteiger partial charge in [0.15, 0.2) is 0 Å². The molecular formula is C15H22N2O4. The summed E-state index contributed by atoms with van der Waals surface area (Å²) in [4.78, 5) is 24.5. The number of hydrogen-bond donors (Lipinski definition) is 2. The van der Waals surface area contributed by atoms with E-state index in [1.165, 1.54) is 4.90 Å². The molecule has 21 heavy (non-hydrogen) atoms. The van der Waals surface area contributed by atoms with Gasteiger partial charge in [-0.25, -0.2) is 9.59 Å². The van der Waals surface area contributed by atoms with Crippen molar-refractivity contribution < 1.29 is 19.4 Å². The molecule has 0 aliphatic heterocycles. The molecular weight excluding hydrogens is 272 g/mol. The van der Waals surface area contributed by atoms with Crippen LogP contribution in [0.1, 0.15) is 25.3 Å². The van der Waals surface area contributed by atoms with Gasteiger partial charge in [-0.15, -0.1) is 0 Å². The van der Waals surface area contributed by atoms with Gasteiger partial charge < -0.3 is 20.1 Å². The summed E-state index contributed by atoms with van der Waals surface area (Å²) in [6.07, 6.45) is 1.09. The summed E-state index contributed by atoms with van der Waals surface area (Å²) in [5.41, 5.74) is 0.861. The summed E-state index contributed by atoms with van der Waals surface area (Å²) in [6.45, 7) is 2.22. The fourth-order valence-corrected chi connectivity index (χ4v) is 1.97. The van der Waals surface area contributed by atoms with Crippen molar-refractivity contribution in [3.8, 4) is 5.75 Å². The Balaban J connectivity index is 2.67. The molecule has 1 aromatic carbocycles. The number of carbonyl (C=O) groups is 2. The third-order valence-corrected chi connectivity index (χ3v) is 3.12. The van der Waals surface area contributed by atoms with Gasteiger partial charge in [-0.2, -0.15) is 0 Å². The van der Waals surface area contributed by atoms with Crippen LogP contribution in [0, 0.1) is 0 Å². The summed E-state index contributed by atoms with van der Waals surface area (Å²) in [5.74, 6) is -0.323. The fourth-order valence-electron chi connectivity index (χ4n) is 1.97. The number of nitrogens with one attached hydrogen (secondary N) is 1. The van der Waals surface area contributed by atoms with E-state index in [4.69, 9.17) is 9.84 Å². The molecule has 2 amide bonds. The Kier molecular flexibility index (Phi) is 6.52. The van der Waals surface area contributed by atoms with Crippen LogP contribution in [0.4, 0.5) is 4.79 Å². The normalized spacial score (nSPS) is 11.6. The summed E-state index contributed by atoms with van der Waals surface area (Å²) in [5, 5.41) is 11.6. The van der Waals surface area contributed by atoms with Crippen LogP contribution in [0.25, 0.3) is 0 Å². The Morgan fingerprint density at radius 3 is 2.62 bits per heavy atom. The van der Waals surface area contributed by atoms with Crippen LogP contribution >= 0.6 is 0 Å². The minimum atomic E-state index is -1.02. The Morgan fingerprint density at radius 2 is 2.05 bits per heavy atom. The summed E-state index contributed by atoms with van der Waals surface area (Å²) >= 11 is 0. The average molecular weight is 294 g/mol. The number of nitrogens with zero attached hydrogens (tertiary/aromatic N) is 1. The Labute approximate surface area is 124 Å². The van der Waals surface area contributed by atoms with E-state index in [1.807, 2.05) is 31.2 Å². The molecule has 1 rings (SSSR count). The molecule has 0 spiro atoms. The van der Waals surface area contributed by atoms with Crippen LogP contribution < -0.4 is 10.1 Å². The van der Waals surface area contributed by atoms with E-state index in [2.05, 4.69) is 5.32 Å². The van der Waals surface area contributed by atoms with Crippen molar-refractivity contribution in [1.29, 1.82) is 0 Å². The SMILES string of the molecule is CCC[C@H](NC(=O)N(C)Cc1ccccc1OC)C(=O)O. The lowest BCUT2D eigenvalue weighted by Gasteiger charge is -2.22. The van der Waals surface area contributed by atoms with Crippen molar-refractivity contribution in [3.05, 3.63) is 29.8 Å². The fraction of sp³-hybridized carbons (Fsp3) is 0.467. The van der Waals surface area contributed by atoms with E-state index in [0.717, 1.165) is 5.56 Å². The van der Waals surface area contributed by atoms with Crippen LogP contribution in [-0.2, 0) is 11.3 Å². The van der Waals surface area contributed by atoms with Gasteiger partial charge in [-0.3, -0.25) is 0 Å². The van der Waals surface area contributed by atoms with E-state index < -0.39 is 18.0 Å². The third kappa shape index (κ3) is 4.98. The maximum absolute atomic E-state index is 12.0. The van der Waals surface area contributed by atoms with Crippen molar-refractivity contribution in [3.63, 3.8) is 0 Å². The molecule has 0 bridgehead atoms. The summed E-state index contributed by atoms with van der Waals surface area (Å²) in [6, 6.07) is 6.12. The summed E-state index contributed by atoms with van der Waals surface area (Å²) < 4.78 is 5.23. The molecule has 0 radical (unpaired) electrons. The maximum Gasteiger partial charge on any atom is 0.326 e. The molecule has 0 saturated carbocycles. The lowest BCUT2D eigenvalue weighted by molar-refractivity contribution is -0.139. The van der Waals surface area contributed by atoms with Gasteiger partial charge in [0.05, 0.1) is 13.7 Å². The standard InChI is InChI=1S/C15H22N2O4/c1-4-7-12(14(18)19)16-15(20)17(2)10-11-8-5-6-9-13(11)21-3/h5-6,8-9,12H,4,7,10H2,1-3H3,(H,16,20)(H,18,19)/t12-/m0/s1. The van der Waals surface area contributed by atoms with E-state index >= 15 is 0 Å². The first kappa shape index (κ1) is 16.8. The van der Waals surface area contributed by atoms with Crippen LogP contribution in [0.5, 0.6) is 5.75 Å². The second-order valence-electron chi connectivity index (χ2n) is 4.80. The molecule has 6 nitrogen and oxygen atoms in total.